The monoisotopic (exact) mass is 447 g/mol. The van der Waals surface area contributed by atoms with E-state index in [0.29, 0.717) is 11.1 Å². The van der Waals surface area contributed by atoms with Crippen LogP contribution in [-0.4, -0.2) is 57.7 Å². The number of aliphatic hydroxyl groups excluding tert-OH is 1. The van der Waals surface area contributed by atoms with Crippen LogP contribution in [0.15, 0.2) is 24.4 Å². The van der Waals surface area contributed by atoms with Crippen LogP contribution in [0.2, 0.25) is 0 Å². The molecule has 2 aromatic rings. The fraction of sp³-hybridized carbons (Fsp3) is 0.429. The molecule has 31 heavy (non-hydrogen) atoms. The third kappa shape index (κ3) is 4.72. The molecule has 164 valence electrons. The number of aliphatic hydroxyl groups is 1. The summed E-state index contributed by atoms with van der Waals surface area (Å²) in [7, 11) is -3.79. The minimum atomic E-state index is -3.79. The van der Waals surface area contributed by atoms with Crippen LogP contribution >= 0.6 is 0 Å². The minimum absolute atomic E-state index is 0.0890. The number of nitrogens with zero attached hydrogens (tertiary/aromatic N) is 2. The fourth-order valence-electron chi connectivity index (χ4n) is 3.08. The van der Waals surface area contributed by atoms with E-state index < -0.39 is 32.1 Å². The molecule has 1 saturated carbocycles. The molecule has 1 aromatic carbocycles. The van der Waals surface area contributed by atoms with Gasteiger partial charge in [0.1, 0.15) is 0 Å². The van der Waals surface area contributed by atoms with E-state index in [1.165, 1.54) is 17.1 Å². The molecule has 3 rings (SSSR count). The highest BCUT2D eigenvalue weighted by molar-refractivity contribution is 7.92. The number of nitrogens with one attached hydrogen (secondary N) is 1. The van der Waals surface area contributed by atoms with E-state index in [1.54, 1.807) is 24.4 Å². The Kier molecular flexibility index (Phi) is 6.10. The normalized spacial score (nSPS) is 21.9. The molecule has 3 N–H and O–H groups in total. The first kappa shape index (κ1) is 22.8. The minimum Gasteiger partial charge on any atom is -0.396 e. The summed E-state index contributed by atoms with van der Waals surface area (Å²) in [5, 5.41) is 22.9. The van der Waals surface area contributed by atoms with Gasteiger partial charge in [-0.2, -0.15) is 5.10 Å². The molecule has 3 atom stereocenters. The van der Waals surface area contributed by atoms with Gasteiger partial charge in [-0.1, -0.05) is 5.92 Å². The molecule has 0 aliphatic heterocycles. The largest absolute Gasteiger partial charge is 0.396 e. The molecule has 0 bridgehead atoms. The van der Waals surface area contributed by atoms with Gasteiger partial charge >= 0.3 is 0 Å². The van der Waals surface area contributed by atoms with Crippen LogP contribution in [0, 0.1) is 29.6 Å². The summed E-state index contributed by atoms with van der Waals surface area (Å²) in [6, 6.07) is 5.23. The number of halogens is 1. The maximum Gasteiger partial charge on any atom is 0.264 e. The lowest BCUT2D eigenvalue weighted by molar-refractivity contribution is -0.131. The molecule has 1 aliphatic rings. The summed E-state index contributed by atoms with van der Waals surface area (Å²) in [5.74, 6) is 8.92. The molecule has 0 radical (unpaired) electrons. The van der Waals surface area contributed by atoms with Gasteiger partial charge in [-0.3, -0.25) is 14.7 Å². The van der Waals surface area contributed by atoms with Gasteiger partial charge in [0.05, 0.1) is 12.1 Å². The number of aromatic nitrogens is 2. The molecule has 1 heterocycles. The lowest BCUT2D eigenvalue weighted by atomic mass is 10.1. The molecule has 0 spiro atoms. The Morgan fingerprint density at radius 2 is 2.19 bits per heavy atom. The lowest BCUT2D eigenvalue weighted by Crippen LogP contribution is -2.49. The molecule has 1 aliphatic carbocycles. The predicted octanol–water partition coefficient (Wildman–Crippen LogP) is 0.811. The van der Waals surface area contributed by atoms with E-state index >= 15 is 0 Å². The van der Waals surface area contributed by atoms with E-state index in [2.05, 4.69) is 28.8 Å². The zero-order valence-corrected chi connectivity index (χ0v) is 17.8. The van der Waals surface area contributed by atoms with Crippen LogP contribution in [0.5, 0.6) is 0 Å². The van der Waals surface area contributed by atoms with Crippen molar-refractivity contribution < 1.29 is 27.9 Å². The van der Waals surface area contributed by atoms with Crippen molar-refractivity contribution in [2.45, 2.75) is 36.7 Å². The van der Waals surface area contributed by atoms with Crippen molar-refractivity contribution in [3.63, 3.8) is 0 Å². The number of carbonyl (C=O) groups excluding carboxylic acids is 1. The van der Waals surface area contributed by atoms with E-state index in [-0.39, 0.29) is 26.0 Å². The highest BCUT2D eigenvalue weighted by Gasteiger charge is 2.54. The zero-order chi connectivity index (χ0) is 22.9. The second kappa shape index (κ2) is 8.31. The Hall–Kier alpha value is -2.92. The van der Waals surface area contributed by atoms with Crippen LogP contribution < -0.4 is 5.48 Å². The Labute approximate surface area is 179 Å². The van der Waals surface area contributed by atoms with Gasteiger partial charge in [-0.25, -0.2) is 18.3 Å². The number of carbonyl (C=O) groups is 1. The van der Waals surface area contributed by atoms with Gasteiger partial charge in [-0.15, -0.1) is 0 Å². The smallest absolute Gasteiger partial charge is 0.264 e. The third-order valence-corrected chi connectivity index (χ3v) is 7.59. The number of rotatable bonds is 6. The third-order valence-electron chi connectivity index (χ3n) is 5.56. The quantitative estimate of drug-likeness (QED) is 0.342. The first-order chi connectivity index (χ1) is 14.5. The SMILES string of the molecule is C[C@@](CCn1cc2cc(C#CC#C[C@@]3(F)C[C@@H]3CO)ccc2n1)(C(=O)NO)S(C)(=O)=O. The summed E-state index contributed by atoms with van der Waals surface area (Å²) < 4.78 is 37.7. The number of fused-ring (bicyclic) bond motifs is 1. The Morgan fingerprint density at radius 3 is 2.81 bits per heavy atom. The Bertz CT molecular complexity index is 1250. The highest BCUT2D eigenvalue weighted by Crippen LogP contribution is 2.46. The number of benzene rings is 1. The standard InChI is InChI=1S/C21H22FN3O5S/c1-20(19(27)24-28,31(2,29)30)9-10-25-13-16-11-15(6-7-18(16)23-25)5-3-4-8-21(22)12-17(21)14-26/h6-7,11,13,17,26,28H,9-10,12,14H2,1-2H3,(H,24,27)/t17-,20-,21-/m1/s1. The van der Waals surface area contributed by atoms with E-state index in [0.717, 1.165) is 11.6 Å². The van der Waals surface area contributed by atoms with Gasteiger partial charge in [0, 0.05) is 42.3 Å². The molecule has 1 fully saturated rings. The number of amides is 1. The maximum atomic E-state index is 13.9. The van der Waals surface area contributed by atoms with Crippen molar-refractivity contribution >= 4 is 26.6 Å². The number of sulfone groups is 1. The second-order valence-corrected chi connectivity index (χ2v) is 10.3. The number of alkyl halides is 1. The van der Waals surface area contributed by atoms with Crippen molar-refractivity contribution in [3.8, 4) is 23.7 Å². The number of hydrogen-bond donors (Lipinski definition) is 3. The summed E-state index contributed by atoms with van der Waals surface area (Å²) in [5.41, 5.74) is 1.07. The second-order valence-electron chi connectivity index (χ2n) is 7.81. The van der Waals surface area contributed by atoms with Gasteiger partial charge in [0.15, 0.2) is 20.3 Å². The topological polar surface area (TPSA) is 122 Å². The summed E-state index contributed by atoms with van der Waals surface area (Å²) in [4.78, 5) is 11.9. The number of aryl methyl sites for hydroxylation is 1. The average Bonchev–Trinajstić information content (AvgIpc) is 3.20. The Morgan fingerprint density at radius 1 is 1.45 bits per heavy atom. The van der Waals surface area contributed by atoms with Crippen LogP contribution in [-0.2, 0) is 21.2 Å². The summed E-state index contributed by atoms with van der Waals surface area (Å²) >= 11 is 0. The summed E-state index contributed by atoms with van der Waals surface area (Å²) in [6.45, 7) is 1.15. The Balaban J connectivity index is 1.74. The first-order valence-corrected chi connectivity index (χ1v) is 11.4. The van der Waals surface area contributed by atoms with Crippen LogP contribution in [0.4, 0.5) is 4.39 Å². The van der Waals surface area contributed by atoms with E-state index in [1.807, 2.05) is 0 Å². The maximum absolute atomic E-state index is 13.9. The van der Waals surface area contributed by atoms with Gasteiger partial charge in [-0.05, 0) is 49.3 Å². The van der Waals surface area contributed by atoms with Gasteiger partial charge in [0.25, 0.3) is 5.91 Å². The van der Waals surface area contributed by atoms with Crippen molar-refractivity contribution in [2.24, 2.45) is 5.92 Å². The van der Waals surface area contributed by atoms with E-state index in [9.17, 15) is 17.6 Å². The van der Waals surface area contributed by atoms with Crippen molar-refractivity contribution in [2.75, 3.05) is 12.9 Å². The van der Waals surface area contributed by atoms with Crippen molar-refractivity contribution in [3.05, 3.63) is 30.0 Å². The molecule has 1 aromatic heterocycles. The summed E-state index contributed by atoms with van der Waals surface area (Å²) in [6.07, 6.45) is 2.77. The molecule has 0 saturated heterocycles. The molecule has 8 nitrogen and oxygen atoms in total. The number of hydrogen-bond acceptors (Lipinski definition) is 6. The molecule has 0 unspecified atom stereocenters. The predicted molar refractivity (Wildman–Crippen MR) is 111 cm³/mol. The van der Waals surface area contributed by atoms with Gasteiger partial charge in [0.2, 0.25) is 0 Å². The number of hydroxylamine groups is 1. The average molecular weight is 447 g/mol. The van der Waals surface area contributed by atoms with Crippen LogP contribution in [0.1, 0.15) is 25.3 Å². The molecule has 10 heteroatoms. The molecular formula is C21H22FN3O5S. The molecule has 1 amide bonds. The van der Waals surface area contributed by atoms with E-state index in [4.69, 9.17) is 10.3 Å². The molecular weight excluding hydrogens is 425 g/mol. The highest BCUT2D eigenvalue weighted by atomic mass is 32.2. The zero-order valence-electron chi connectivity index (χ0n) is 17.0. The fourth-order valence-corrected chi connectivity index (χ4v) is 3.93. The lowest BCUT2D eigenvalue weighted by Gasteiger charge is -2.24. The van der Waals surface area contributed by atoms with Crippen LogP contribution in [0.25, 0.3) is 10.9 Å². The van der Waals surface area contributed by atoms with Crippen molar-refractivity contribution in [1.29, 1.82) is 0 Å². The van der Waals surface area contributed by atoms with Crippen molar-refractivity contribution in [1.82, 2.24) is 15.3 Å². The van der Waals surface area contributed by atoms with Gasteiger partial charge < -0.3 is 5.11 Å². The van der Waals surface area contributed by atoms with Crippen LogP contribution in [0.3, 0.4) is 0 Å². The first-order valence-electron chi connectivity index (χ1n) is 9.47.